The third-order valence-electron chi connectivity index (χ3n) is 4.58. The smallest absolute Gasteiger partial charge is 0.254 e. The third-order valence-corrected chi connectivity index (χ3v) is 5.55. The van der Waals surface area contributed by atoms with Gasteiger partial charge in [0, 0.05) is 12.2 Å². The molecule has 1 aromatic heterocycles. The van der Waals surface area contributed by atoms with Crippen molar-refractivity contribution in [2.24, 2.45) is 0 Å². The number of nitrogens with zero attached hydrogens (tertiary/aromatic N) is 3. The summed E-state index contributed by atoms with van der Waals surface area (Å²) in [5, 5.41) is 14.5. The molecule has 162 valence electrons. The minimum Gasteiger partial charge on any atom is -0.342 e. The van der Waals surface area contributed by atoms with Crippen molar-refractivity contribution in [1.29, 1.82) is 0 Å². The SMILES string of the molecule is CCn1c(SCC(=O)Nc2ccc(C)cc2)nnc1[C@H](C)NC(=O)c1ccccc1F. The monoisotopic (exact) mass is 441 g/mol. The predicted molar refractivity (Wildman–Crippen MR) is 119 cm³/mol. The van der Waals surface area contributed by atoms with E-state index in [2.05, 4.69) is 20.8 Å². The first-order valence-electron chi connectivity index (χ1n) is 9.86. The summed E-state index contributed by atoms with van der Waals surface area (Å²) in [6.07, 6.45) is 0. The summed E-state index contributed by atoms with van der Waals surface area (Å²) in [5.41, 5.74) is 1.82. The maximum Gasteiger partial charge on any atom is 0.254 e. The summed E-state index contributed by atoms with van der Waals surface area (Å²) in [4.78, 5) is 24.7. The molecule has 7 nitrogen and oxygen atoms in total. The maximum atomic E-state index is 13.9. The van der Waals surface area contributed by atoms with Crippen LogP contribution in [0.25, 0.3) is 0 Å². The summed E-state index contributed by atoms with van der Waals surface area (Å²) in [6.45, 7) is 6.22. The van der Waals surface area contributed by atoms with Gasteiger partial charge in [0.2, 0.25) is 5.91 Å². The van der Waals surface area contributed by atoms with E-state index in [1.807, 2.05) is 42.7 Å². The number of amides is 2. The van der Waals surface area contributed by atoms with E-state index in [4.69, 9.17) is 0 Å². The molecule has 0 saturated carbocycles. The Balaban J connectivity index is 1.63. The molecule has 2 aromatic carbocycles. The highest BCUT2D eigenvalue weighted by molar-refractivity contribution is 7.99. The molecule has 2 N–H and O–H groups in total. The molecule has 0 aliphatic rings. The molecule has 0 spiro atoms. The second-order valence-corrected chi connectivity index (χ2v) is 7.91. The summed E-state index contributed by atoms with van der Waals surface area (Å²) < 4.78 is 15.7. The van der Waals surface area contributed by atoms with Crippen LogP contribution in [0.3, 0.4) is 0 Å². The van der Waals surface area contributed by atoms with Crippen LogP contribution in [-0.4, -0.2) is 32.3 Å². The summed E-state index contributed by atoms with van der Waals surface area (Å²) in [6, 6.07) is 12.9. The number of anilines is 1. The molecule has 1 heterocycles. The fourth-order valence-electron chi connectivity index (χ4n) is 2.97. The second kappa shape index (κ2) is 10.2. The van der Waals surface area contributed by atoms with Gasteiger partial charge in [-0.3, -0.25) is 9.59 Å². The fraction of sp³-hybridized carbons (Fsp3) is 0.273. The average molecular weight is 442 g/mol. The number of halogens is 1. The second-order valence-electron chi connectivity index (χ2n) is 6.96. The van der Waals surface area contributed by atoms with E-state index in [9.17, 15) is 14.0 Å². The average Bonchev–Trinajstić information content (AvgIpc) is 3.17. The number of thioether (sulfide) groups is 1. The molecule has 31 heavy (non-hydrogen) atoms. The summed E-state index contributed by atoms with van der Waals surface area (Å²) >= 11 is 1.26. The predicted octanol–water partition coefficient (Wildman–Crippen LogP) is 3.97. The standard InChI is InChI=1S/C22H24FN5O2S/c1-4-28-20(15(3)24-21(30)17-7-5-6-8-18(17)23)26-27-22(28)31-13-19(29)25-16-11-9-14(2)10-12-16/h5-12,15H,4,13H2,1-3H3,(H,24,30)(H,25,29)/t15-/m0/s1. The minimum atomic E-state index is -0.583. The van der Waals surface area contributed by atoms with Crippen LogP contribution in [0, 0.1) is 12.7 Å². The van der Waals surface area contributed by atoms with Crippen LogP contribution in [0.1, 0.15) is 41.6 Å². The van der Waals surface area contributed by atoms with Gasteiger partial charge in [-0.2, -0.15) is 0 Å². The Morgan fingerprint density at radius 3 is 2.52 bits per heavy atom. The lowest BCUT2D eigenvalue weighted by molar-refractivity contribution is -0.113. The zero-order valence-corrected chi connectivity index (χ0v) is 18.4. The van der Waals surface area contributed by atoms with Gasteiger partial charge >= 0.3 is 0 Å². The van der Waals surface area contributed by atoms with Gasteiger partial charge in [0.25, 0.3) is 5.91 Å². The van der Waals surface area contributed by atoms with Crippen LogP contribution in [-0.2, 0) is 11.3 Å². The molecule has 3 rings (SSSR count). The van der Waals surface area contributed by atoms with Crippen molar-refractivity contribution in [3.8, 4) is 0 Å². The highest BCUT2D eigenvalue weighted by atomic mass is 32.2. The van der Waals surface area contributed by atoms with E-state index in [0.29, 0.717) is 17.5 Å². The lowest BCUT2D eigenvalue weighted by Crippen LogP contribution is -2.29. The Morgan fingerprint density at radius 2 is 1.84 bits per heavy atom. The molecule has 3 aromatic rings. The Kier molecular flexibility index (Phi) is 7.41. The number of benzene rings is 2. The third kappa shape index (κ3) is 5.69. The van der Waals surface area contributed by atoms with E-state index >= 15 is 0 Å². The fourth-order valence-corrected chi connectivity index (χ4v) is 3.78. The molecule has 9 heteroatoms. The Bertz CT molecular complexity index is 1070. The molecule has 0 aliphatic carbocycles. The van der Waals surface area contributed by atoms with Gasteiger partial charge < -0.3 is 15.2 Å². The number of carbonyl (C=O) groups is 2. The lowest BCUT2D eigenvalue weighted by atomic mass is 10.2. The maximum absolute atomic E-state index is 13.9. The van der Waals surface area contributed by atoms with Gasteiger partial charge in [0.05, 0.1) is 17.4 Å². The molecular weight excluding hydrogens is 417 g/mol. The summed E-state index contributed by atoms with van der Waals surface area (Å²) in [7, 11) is 0. The van der Waals surface area contributed by atoms with E-state index in [1.54, 1.807) is 13.0 Å². The highest BCUT2D eigenvalue weighted by Gasteiger charge is 2.21. The van der Waals surface area contributed by atoms with Crippen LogP contribution < -0.4 is 10.6 Å². The molecule has 0 saturated heterocycles. The largest absolute Gasteiger partial charge is 0.342 e. The van der Waals surface area contributed by atoms with Crippen molar-refractivity contribution in [2.45, 2.75) is 38.5 Å². The van der Waals surface area contributed by atoms with Gasteiger partial charge in [-0.05, 0) is 45.0 Å². The first-order chi connectivity index (χ1) is 14.9. The molecule has 2 amide bonds. The van der Waals surface area contributed by atoms with E-state index < -0.39 is 17.8 Å². The van der Waals surface area contributed by atoms with Crippen molar-refractivity contribution >= 4 is 29.3 Å². The van der Waals surface area contributed by atoms with Crippen LogP contribution in [0.5, 0.6) is 0 Å². The Labute approximate surface area is 184 Å². The zero-order chi connectivity index (χ0) is 22.4. The highest BCUT2D eigenvalue weighted by Crippen LogP contribution is 2.21. The number of hydrogen-bond donors (Lipinski definition) is 2. The van der Waals surface area contributed by atoms with Crippen LogP contribution >= 0.6 is 11.8 Å². The van der Waals surface area contributed by atoms with E-state index in [1.165, 1.54) is 30.0 Å². The van der Waals surface area contributed by atoms with Crippen LogP contribution in [0.4, 0.5) is 10.1 Å². The normalized spacial score (nSPS) is 11.7. The minimum absolute atomic E-state index is 0.0284. The molecule has 0 aliphatic heterocycles. The van der Waals surface area contributed by atoms with Crippen molar-refractivity contribution in [2.75, 3.05) is 11.1 Å². The Morgan fingerprint density at radius 1 is 1.13 bits per heavy atom. The lowest BCUT2D eigenvalue weighted by Gasteiger charge is -2.15. The Hall–Kier alpha value is -3.20. The number of hydrogen-bond acceptors (Lipinski definition) is 5. The molecule has 0 unspecified atom stereocenters. The number of nitrogens with one attached hydrogen (secondary N) is 2. The topological polar surface area (TPSA) is 88.9 Å². The van der Waals surface area contributed by atoms with Crippen molar-refractivity contribution in [1.82, 2.24) is 20.1 Å². The quantitative estimate of drug-likeness (QED) is 0.517. The van der Waals surface area contributed by atoms with Crippen molar-refractivity contribution in [3.05, 3.63) is 71.3 Å². The van der Waals surface area contributed by atoms with Gasteiger partial charge in [-0.1, -0.05) is 41.6 Å². The number of rotatable bonds is 8. The van der Waals surface area contributed by atoms with Gasteiger partial charge in [-0.25, -0.2) is 4.39 Å². The van der Waals surface area contributed by atoms with Crippen LogP contribution in [0.2, 0.25) is 0 Å². The molecule has 1 atom stereocenters. The number of aryl methyl sites for hydroxylation is 1. The van der Waals surface area contributed by atoms with Crippen molar-refractivity contribution in [3.63, 3.8) is 0 Å². The van der Waals surface area contributed by atoms with Crippen LogP contribution in [0.15, 0.2) is 53.7 Å². The number of aromatic nitrogens is 3. The molecule has 0 radical (unpaired) electrons. The molecule has 0 fully saturated rings. The summed E-state index contributed by atoms with van der Waals surface area (Å²) in [5.74, 6) is -0.555. The number of carbonyl (C=O) groups excluding carboxylic acids is 2. The van der Waals surface area contributed by atoms with E-state index in [-0.39, 0.29) is 17.2 Å². The zero-order valence-electron chi connectivity index (χ0n) is 17.6. The van der Waals surface area contributed by atoms with Gasteiger partial charge in [0.15, 0.2) is 11.0 Å². The van der Waals surface area contributed by atoms with Gasteiger partial charge in [-0.15, -0.1) is 10.2 Å². The van der Waals surface area contributed by atoms with Gasteiger partial charge in [0.1, 0.15) is 5.82 Å². The first-order valence-corrected chi connectivity index (χ1v) is 10.9. The molecule has 0 bridgehead atoms. The van der Waals surface area contributed by atoms with E-state index in [0.717, 1.165) is 11.3 Å². The molecular formula is C22H24FN5O2S. The van der Waals surface area contributed by atoms with Crippen molar-refractivity contribution < 1.29 is 14.0 Å². The first kappa shape index (κ1) is 22.5.